The second kappa shape index (κ2) is 8.68. The van der Waals surface area contributed by atoms with Gasteiger partial charge in [-0.25, -0.2) is 0 Å². The van der Waals surface area contributed by atoms with E-state index in [9.17, 15) is 4.79 Å². The van der Waals surface area contributed by atoms with Crippen LogP contribution in [-0.4, -0.2) is 24.5 Å². The van der Waals surface area contributed by atoms with Gasteiger partial charge in [-0.15, -0.1) is 0 Å². The number of aromatic nitrogens is 1. The molecule has 2 heterocycles. The molecule has 33 heavy (non-hydrogen) atoms. The van der Waals surface area contributed by atoms with Crippen molar-refractivity contribution >= 4 is 39.4 Å². The zero-order valence-electron chi connectivity index (χ0n) is 18.3. The van der Waals surface area contributed by atoms with Crippen LogP contribution in [0.4, 0.5) is 0 Å². The van der Waals surface area contributed by atoms with Crippen molar-refractivity contribution in [3.63, 3.8) is 0 Å². The third-order valence-electron chi connectivity index (χ3n) is 6.09. The van der Waals surface area contributed by atoms with Gasteiger partial charge >= 0.3 is 0 Å². The Kier molecular flexibility index (Phi) is 5.56. The number of fused-ring (bicyclic) bond motifs is 2. The molecule has 5 nitrogen and oxygen atoms in total. The molecular weight excluding hydrogens is 436 g/mol. The maximum Gasteiger partial charge on any atom is 0.287 e. The van der Waals surface area contributed by atoms with E-state index < -0.39 is 0 Å². The summed E-state index contributed by atoms with van der Waals surface area (Å²) in [5, 5.41) is 5.66. The number of ether oxygens (including phenoxy) is 1. The number of aryl methyl sites for hydroxylation is 1. The Balaban J connectivity index is 1.47. The lowest BCUT2D eigenvalue weighted by atomic mass is 9.90. The fourth-order valence-corrected chi connectivity index (χ4v) is 4.48. The van der Waals surface area contributed by atoms with Crippen molar-refractivity contribution in [1.82, 2.24) is 10.3 Å². The first-order valence-electron chi connectivity index (χ1n) is 10.7. The molecule has 0 radical (unpaired) electrons. The Labute approximate surface area is 196 Å². The van der Waals surface area contributed by atoms with Crippen LogP contribution in [0.1, 0.15) is 33.2 Å². The predicted molar refractivity (Wildman–Crippen MR) is 131 cm³/mol. The van der Waals surface area contributed by atoms with Gasteiger partial charge in [0.1, 0.15) is 11.3 Å². The number of benzene rings is 3. The Morgan fingerprint density at radius 3 is 2.67 bits per heavy atom. The summed E-state index contributed by atoms with van der Waals surface area (Å²) >= 11 is 6.12. The van der Waals surface area contributed by atoms with Crippen molar-refractivity contribution in [1.29, 1.82) is 0 Å². The van der Waals surface area contributed by atoms with Crippen LogP contribution in [0, 0.1) is 6.92 Å². The molecule has 5 rings (SSSR count). The number of amides is 1. The van der Waals surface area contributed by atoms with E-state index in [4.69, 9.17) is 20.8 Å². The molecule has 1 atom stereocenters. The van der Waals surface area contributed by atoms with Crippen LogP contribution in [-0.2, 0) is 0 Å². The zero-order chi connectivity index (χ0) is 22.9. The Morgan fingerprint density at radius 2 is 1.88 bits per heavy atom. The number of hydrogen-bond donors (Lipinski definition) is 2. The number of H-pyrrole nitrogens is 1. The molecule has 2 aromatic heterocycles. The Hall–Kier alpha value is -3.70. The molecular formula is C27H23ClN2O3. The molecule has 0 unspecified atom stereocenters. The average molecular weight is 459 g/mol. The van der Waals surface area contributed by atoms with E-state index in [0.29, 0.717) is 22.9 Å². The second-order valence-corrected chi connectivity index (χ2v) is 8.46. The summed E-state index contributed by atoms with van der Waals surface area (Å²) in [7, 11) is 1.65. The number of carbonyl (C=O) groups is 1. The number of para-hydroxylation sites is 1. The minimum atomic E-state index is -0.252. The number of rotatable bonds is 6. The van der Waals surface area contributed by atoms with E-state index in [1.165, 1.54) is 0 Å². The van der Waals surface area contributed by atoms with E-state index in [1.807, 2.05) is 61.7 Å². The highest BCUT2D eigenvalue weighted by atomic mass is 35.5. The molecule has 0 saturated carbocycles. The van der Waals surface area contributed by atoms with Gasteiger partial charge in [0.05, 0.1) is 7.11 Å². The van der Waals surface area contributed by atoms with Crippen LogP contribution < -0.4 is 10.1 Å². The van der Waals surface area contributed by atoms with Gasteiger partial charge in [-0.2, -0.15) is 0 Å². The summed E-state index contributed by atoms with van der Waals surface area (Å²) in [5.41, 5.74) is 4.67. The Morgan fingerprint density at radius 1 is 1.09 bits per heavy atom. The van der Waals surface area contributed by atoms with Crippen molar-refractivity contribution in [2.24, 2.45) is 0 Å². The SMILES string of the molecule is COc1ccc([C@@H](CNC(=O)c2oc3ccc(Cl)cc3c2C)c2c[nH]c3ccccc23)cc1. The molecule has 0 aliphatic carbocycles. The first-order valence-corrected chi connectivity index (χ1v) is 11.1. The number of carbonyl (C=O) groups excluding carboxylic acids is 1. The van der Waals surface area contributed by atoms with Crippen LogP contribution in [0.3, 0.4) is 0 Å². The number of nitrogens with one attached hydrogen (secondary N) is 2. The van der Waals surface area contributed by atoms with Crippen LogP contribution in [0.15, 0.2) is 77.3 Å². The highest BCUT2D eigenvalue weighted by Gasteiger charge is 2.22. The summed E-state index contributed by atoms with van der Waals surface area (Å²) in [6.45, 7) is 2.28. The summed E-state index contributed by atoms with van der Waals surface area (Å²) < 4.78 is 11.2. The molecule has 0 fully saturated rings. The summed E-state index contributed by atoms with van der Waals surface area (Å²) in [6.07, 6.45) is 2.01. The smallest absolute Gasteiger partial charge is 0.287 e. The lowest BCUT2D eigenvalue weighted by molar-refractivity contribution is 0.0926. The third kappa shape index (κ3) is 3.96. The monoisotopic (exact) mass is 458 g/mol. The first kappa shape index (κ1) is 21.2. The van der Waals surface area contributed by atoms with Gasteiger partial charge in [0, 0.05) is 45.5 Å². The highest BCUT2D eigenvalue weighted by molar-refractivity contribution is 6.31. The van der Waals surface area contributed by atoms with Gasteiger partial charge in [0.15, 0.2) is 5.76 Å². The fraction of sp³-hybridized carbons (Fsp3) is 0.148. The van der Waals surface area contributed by atoms with E-state index in [2.05, 4.69) is 16.4 Å². The van der Waals surface area contributed by atoms with Gasteiger partial charge in [-0.3, -0.25) is 4.79 Å². The molecule has 0 spiro atoms. The molecule has 0 aliphatic heterocycles. The molecule has 5 aromatic rings. The zero-order valence-corrected chi connectivity index (χ0v) is 19.1. The molecule has 1 amide bonds. The van der Waals surface area contributed by atoms with Crippen LogP contribution in [0.5, 0.6) is 5.75 Å². The van der Waals surface area contributed by atoms with E-state index in [1.54, 1.807) is 19.2 Å². The summed E-state index contributed by atoms with van der Waals surface area (Å²) in [6, 6.07) is 21.5. The topological polar surface area (TPSA) is 67.3 Å². The Bertz CT molecular complexity index is 1450. The number of halogens is 1. The van der Waals surface area contributed by atoms with Crippen molar-refractivity contribution in [3.05, 3.63) is 100 Å². The van der Waals surface area contributed by atoms with Crippen molar-refractivity contribution in [2.75, 3.05) is 13.7 Å². The van der Waals surface area contributed by atoms with Gasteiger partial charge in [-0.1, -0.05) is 41.9 Å². The quantitative estimate of drug-likeness (QED) is 0.307. The third-order valence-corrected chi connectivity index (χ3v) is 6.32. The molecule has 6 heteroatoms. The maximum absolute atomic E-state index is 13.1. The number of aromatic amines is 1. The largest absolute Gasteiger partial charge is 0.497 e. The standard InChI is InChI=1S/C27H23ClN2O3/c1-16-21-13-18(28)9-12-25(21)33-26(16)27(31)30-14-22(17-7-10-19(32-2)11-8-17)23-15-29-24-6-4-3-5-20(23)24/h3-13,15,22,29H,14H2,1-2H3,(H,30,31)/t22-/m1/s1. The van der Waals surface area contributed by atoms with E-state index in [-0.39, 0.29) is 11.8 Å². The number of furan rings is 1. The second-order valence-electron chi connectivity index (χ2n) is 8.02. The molecule has 0 bridgehead atoms. The highest BCUT2D eigenvalue weighted by Crippen LogP contribution is 2.32. The summed E-state index contributed by atoms with van der Waals surface area (Å²) in [4.78, 5) is 16.5. The minimum Gasteiger partial charge on any atom is -0.497 e. The summed E-state index contributed by atoms with van der Waals surface area (Å²) in [5.74, 6) is 0.782. The minimum absolute atomic E-state index is 0.0601. The average Bonchev–Trinajstić information content (AvgIpc) is 3.41. The van der Waals surface area contributed by atoms with Crippen LogP contribution >= 0.6 is 11.6 Å². The molecule has 3 aromatic carbocycles. The molecule has 166 valence electrons. The lowest BCUT2D eigenvalue weighted by Gasteiger charge is -2.18. The van der Waals surface area contributed by atoms with Crippen LogP contribution in [0.25, 0.3) is 21.9 Å². The van der Waals surface area contributed by atoms with Gasteiger partial charge in [-0.05, 0) is 54.4 Å². The van der Waals surface area contributed by atoms with Gasteiger partial charge < -0.3 is 19.5 Å². The van der Waals surface area contributed by atoms with Crippen molar-refractivity contribution in [2.45, 2.75) is 12.8 Å². The van der Waals surface area contributed by atoms with Crippen LogP contribution in [0.2, 0.25) is 5.02 Å². The molecule has 0 aliphatic rings. The number of hydrogen-bond acceptors (Lipinski definition) is 3. The normalized spacial score (nSPS) is 12.2. The first-order chi connectivity index (χ1) is 16.0. The molecule has 2 N–H and O–H groups in total. The lowest BCUT2D eigenvalue weighted by Crippen LogP contribution is -2.29. The van der Waals surface area contributed by atoms with E-state index in [0.717, 1.165) is 38.7 Å². The van der Waals surface area contributed by atoms with Gasteiger partial charge in [0.2, 0.25) is 0 Å². The number of methoxy groups -OCH3 is 1. The predicted octanol–water partition coefficient (Wildman–Crippen LogP) is 6.45. The fourth-order valence-electron chi connectivity index (χ4n) is 4.31. The maximum atomic E-state index is 13.1. The van der Waals surface area contributed by atoms with Crippen molar-refractivity contribution < 1.29 is 13.9 Å². The van der Waals surface area contributed by atoms with Crippen molar-refractivity contribution in [3.8, 4) is 5.75 Å². The van der Waals surface area contributed by atoms with Gasteiger partial charge in [0.25, 0.3) is 5.91 Å². The van der Waals surface area contributed by atoms with E-state index >= 15 is 0 Å². The molecule has 0 saturated heterocycles.